The number of rotatable bonds is 3. The normalized spacial score (nSPS) is 23.2. The highest BCUT2D eigenvalue weighted by Gasteiger charge is 2.21. The number of nitrogens with one attached hydrogen (secondary N) is 2. The van der Waals surface area contributed by atoms with Crippen LogP contribution in [0.5, 0.6) is 0 Å². The highest BCUT2D eigenvalue weighted by Crippen LogP contribution is 2.28. The van der Waals surface area contributed by atoms with E-state index in [-0.39, 0.29) is 0 Å². The SMILES string of the molecule is CC1CC(Nc2ccc(-c3cnc[nH]3)cc2)CS1. The summed E-state index contributed by atoms with van der Waals surface area (Å²) in [5, 5.41) is 4.38. The molecule has 4 heteroatoms. The van der Waals surface area contributed by atoms with E-state index >= 15 is 0 Å². The first kappa shape index (κ1) is 11.7. The molecule has 18 heavy (non-hydrogen) atoms. The van der Waals surface area contributed by atoms with Gasteiger partial charge in [0.05, 0.1) is 18.2 Å². The number of hydrogen-bond donors (Lipinski definition) is 2. The van der Waals surface area contributed by atoms with Crippen LogP contribution in [-0.2, 0) is 0 Å². The Hall–Kier alpha value is -1.42. The molecule has 2 aromatic rings. The van der Waals surface area contributed by atoms with Crippen molar-refractivity contribution in [3.63, 3.8) is 0 Å². The molecular weight excluding hydrogens is 242 g/mol. The average Bonchev–Trinajstić information content (AvgIpc) is 3.02. The molecular formula is C14H17N3S. The second-order valence-corrected chi connectivity index (χ2v) is 6.23. The second-order valence-electron chi connectivity index (χ2n) is 4.76. The van der Waals surface area contributed by atoms with Crippen LogP contribution in [0.1, 0.15) is 13.3 Å². The number of anilines is 1. The summed E-state index contributed by atoms with van der Waals surface area (Å²) in [6.07, 6.45) is 4.81. The maximum Gasteiger partial charge on any atom is 0.0924 e. The fraction of sp³-hybridized carbons (Fsp3) is 0.357. The third-order valence-corrected chi connectivity index (χ3v) is 4.62. The third-order valence-electron chi connectivity index (χ3n) is 3.26. The first-order valence-electron chi connectivity index (χ1n) is 6.28. The molecule has 1 aromatic carbocycles. The Balaban J connectivity index is 1.68. The van der Waals surface area contributed by atoms with E-state index in [1.807, 2.05) is 18.0 Å². The molecule has 1 aromatic heterocycles. The van der Waals surface area contributed by atoms with E-state index in [1.54, 1.807) is 6.33 Å². The molecule has 1 aliphatic rings. The van der Waals surface area contributed by atoms with E-state index < -0.39 is 0 Å². The summed E-state index contributed by atoms with van der Waals surface area (Å²) in [6.45, 7) is 2.30. The van der Waals surface area contributed by atoms with Crippen molar-refractivity contribution in [1.29, 1.82) is 0 Å². The second kappa shape index (κ2) is 5.06. The molecule has 0 bridgehead atoms. The number of benzene rings is 1. The average molecular weight is 259 g/mol. The van der Waals surface area contributed by atoms with Crippen molar-refractivity contribution < 1.29 is 0 Å². The zero-order valence-corrected chi connectivity index (χ0v) is 11.2. The number of H-pyrrole nitrogens is 1. The van der Waals surface area contributed by atoms with Gasteiger partial charge in [-0.25, -0.2) is 4.98 Å². The molecule has 2 atom stereocenters. The van der Waals surface area contributed by atoms with Crippen LogP contribution >= 0.6 is 11.8 Å². The number of thioether (sulfide) groups is 1. The molecule has 1 saturated heterocycles. The van der Waals surface area contributed by atoms with Gasteiger partial charge in [0.15, 0.2) is 0 Å². The Morgan fingerprint density at radius 3 is 2.78 bits per heavy atom. The third kappa shape index (κ3) is 2.53. The summed E-state index contributed by atoms with van der Waals surface area (Å²) in [7, 11) is 0. The van der Waals surface area contributed by atoms with Gasteiger partial charge in [-0.2, -0.15) is 11.8 Å². The summed E-state index contributed by atoms with van der Waals surface area (Å²) in [6, 6.07) is 9.15. The minimum atomic E-state index is 0.614. The summed E-state index contributed by atoms with van der Waals surface area (Å²) >= 11 is 2.05. The molecule has 0 spiro atoms. The monoisotopic (exact) mass is 259 g/mol. The van der Waals surface area contributed by atoms with Crippen molar-refractivity contribution in [3.05, 3.63) is 36.8 Å². The molecule has 3 nitrogen and oxygen atoms in total. The van der Waals surface area contributed by atoms with Crippen molar-refractivity contribution in [2.24, 2.45) is 0 Å². The van der Waals surface area contributed by atoms with Crippen LogP contribution in [0.2, 0.25) is 0 Å². The van der Waals surface area contributed by atoms with Crippen molar-refractivity contribution in [2.45, 2.75) is 24.6 Å². The van der Waals surface area contributed by atoms with Crippen LogP contribution in [0.3, 0.4) is 0 Å². The predicted octanol–water partition coefficient (Wildman–Crippen LogP) is 3.38. The lowest BCUT2D eigenvalue weighted by Crippen LogP contribution is -2.18. The van der Waals surface area contributed by atoms with Crippen molar-refractivity contribution in [3.8, 4) is 11.3 Å². The number of aromatic nitrogens is 2. The van der Waals surface area contributed by atoms with Gasteiger partial charge in [0, 0.05) is 22.7 Å². The summed E-state index contributed by atoms with van der Waals surface area (Å²) in [5.41, 5.74) is 3.44. The van der Waals surface area contributed by atoms with Gasteiger partial charge >= 0.3 is 0 Å². The molecule has 1 aliphatic heterocycles. The van der Waals surface area contributed by atoms with Gasteiger partial charge in [-0.05, 0) is 24.1 Å². The number of hydrogen-bond acceptors (Lipinski definition) is 3. The standard InChI is InChI=1S/C14H17N3S/c1-10-6-13(8-18-10)17-12-4-2-11(3-5-12)14-7-15-9-16-14/h2-5,7,9-10,13,17H,6,8H2,1H3,(H,15,16). The molecule has 0 amide bonds. The summed E-state index contributed by atoms with van der Waals surface area (Å²) in [4.78, 5) is 7.16. The lowest BCUT2D eigenvalue weighted by atomic mass is 10.1. The van der Waals surface area contributed by atoms with Crippen LogP contribution in [0.25, 0.3) is 11.3 Å². The molecule has 2 N–H and O–H groups in total. The van der Waals surface area contributed by atoms with Crippen LogP contribution < -0.4 is 5.32 Å². The molecule has 2 heterocycles. The quantitative estimate of drug-likeness (QED) is 0.887. The van der Waals surface area contributed by atoms with E-state index in [0.717, 1.165) is 10.9 Å². The van der Waals surface area contributed by atoms with Crippen molar-refractivity contribution in [1.82, 2.24) is 9.97 Å². The van der Waals surface area contributed by atoms with E-state index in [0.29, 0.717) is 6.04 Å². The molecule has 1 fully saturated rings. The van der Waals surface area contributed by atoms with Crippen LogP contribution in [-0.4, -0.2) is 27.0 Å². The number of aromatic amines is 1. The van der Waals surface area contributed by atoms with Crippen LogP contribution in [0.4, 0.5) is 5.69 Å². The zero-order chi connectivity index (χ0) is 12.4. The lowest BCUT2D eigenvalue weighted by Gasteiger charge is -2.13. The van der Waals surface area contributed by atoms with Gasteiger partial charge in [0.25, 0.3) is 0 Å². The van der Waals surface area contributed by atoms with E-state index in [1.165, 1.54) is 23.4 Å². The molecule has 94 valence electrons. The van der Waals surface area contributed by atoms with Crippen LogP contribution in [0.15, 0.2) is 36.8 Å². The fourth-order valence-electron chi connectivity index (χ4n) is 2.31. The topological polar surface area (TPSA) is 40.7 Å². The van der Waals surface area contributed by atoms with Gasteiger partial charge in [-0.1, -0.05) is 19.1 Å². The zero-order valence-electron chi connectivity index (χ0n) is 10.4. The van der Waals surface area contributed by atoms with Crippen molar-refractivity contribution in [2.75, 3.05) is 11.1 Å². The van der Waals surface area contributed by atoms with Crippen LogP contribution in [0, 0.1) is 0 Å². The van der Waals surface area contributed by atoms with E-state index in [2.05, 4.69) is 46.5 Å². The summed E-state index contributed by atoms with van der Waals surface area (Å²) < 4.78 is 0. The fourth-order valence-corrected chi connectivity index (χ4v) is 3.46. The largest absolute Gasteiger partial charge is 0.381 e. The Morgan fingerprint density at radius 1 is 1.33 bits per heavy atom. The van der Waals surface area contributed by atoms with Gasteiger partial charge in [-0.15, -0.1) is 0 Å². The summed E-state index contributed by atoms with van der Waals surface area (Å²) in [5.74, 6) is 1.21. The Morgan fingerprint density at radius 2 is 2.17 bits per heavy atom. The molecule has 0 radical (unpaired) electrons. The first-order valence-corrected chi connectivity index (χ1v) is 7.33. The highest BCUT2D eigenvalue weighted by molar-refractivity contribution is 8.00. The molecule has 2 unspecified atom stereocenters. The molecule has 0 saturated carbocycles. The Labute approximate surface area is 111 Å². The first-order chi connectivity index (χ1) is 8.81. The maximum atomic E-state index is 4.04. The molecule has 3 rings (SSSR count). The maximum absolute atomic E-state index is 4.04. The Bertz CT molecular complexity index is 492. The van der Waals surface area contributed by atoms with Gasteiger partial charge in [0.1, 0.15) is 0 Å². The smallest absolute Gasteiger partial charge is 0.0924 e. The minimum absolute atomic E-state index is 0.614. The Kier molecular flexibility index (Phi) is 3.28. The van der Waals surface area contributed by atoms with E-state index in [9.17, 15) is 0 Å². The molecule has 0 aliphatic carbocycles. The predicted molar refractivity (Wildman–Crippen MR) is 78.0 cm³/mol. The lowest BCUT2D eigenvalue weighted by molar-refractivity contribution is 0.747. The minimum Gasteiger partial charge on any atom is -0.381 e. The van der Waals surface area contributed by atoms with Gasteiger partial charge < -0.3 is 10.3 Å². The number of nitrogens with zero attached hydrogens (tertiary/aromatic N) is 1. The van der Waals surface area contributed by atoms with Gasteiger partial charge in [0.2, 0.25) is 0 Å². The highest BCUT2D eigenvalue weighted by atomic mass is 32.2. The van der Waals surface area contributed by atoms with Crippen molar-refractivity contribution >= 4 is 17.4 Å². The van der Waals surface area contributed by atoms with E-state index in [4.69, 9.17) is 0 Å². The van der Waals surface area contributed by atoms with Gasteiger partial charge in [-0.3, -0.25) is 0 Å². The number of imidazole rings is 1.